The molecule has 0 heterocycles. The normalized spacial score (nSPS) is 20.7. The van der Waals surface area contributed by atoms with Crippen molar-refractivity contribution in [2.24, 2.45) is 0 Å². The first-order valence-electron chi connectivity index (χ1n) is 5.58. The summed E-state index contributed by atoms with van der Waals surface area (Å²) in [7, 11) is 0. The molecule has 0 amide bonds. The predicted octanol–water partition coefficient (Wildman–Crippen LogP) is 2.35. The van der Waals surface area contributed by atoms with E-state index < -0.39 is 6.10 Å². The second-order valence-corrected chi connectivity index (χ2v) is 4.12. The number of hydrogen-bond donors (Lipinski definition) is 1. The molecule has 0 fully saturated rings. The Morgan fingerprint density at radius 1 is 1.56 bits per heavy atom. The van der Waals surface area contributed by atoms with Crippen LogP contribution in [0.2, 0.25) is 0 Å². The summed E-state index contributed by atoms with van der Waals surface area (Å²) in [5.74, 6) is 0.741. The zero-order chi connectivity index (χ0) is 11.5. The summed E-state index contributed by atoms with van der Waals surface area (Å²) in [6.45, 7) is 1.72. The van der Waals surface area contributed by atoms with Crippen LogP contribution in [0.25, 0.3) is 0 Å². The highest BCUT2D eigenvalue weighted by molar-refractivity contribution is 5.43. The molecule has 1 N–H and O–H groups in total. The molecule has 2 rings (SSSR count). The van der Waals surface area contributed by atoms with Crippen molar-refractivity contribution in [3.63, 3.8) is 0 Å². The van der Waals surface area contributed by atoms with Crippen LogP contribution in [-0.4, -0.2) is 11.2 Å². The van der Waals surface area contributed by atoms with Crippen LogP contribution in [-0.2, 0) is 6.42 Å². The quantitative estimate of drug-likeness (QED) is 0.827. The fourth-order valence-electron chi connectivity index (χ4n) is 2.12. The van der Waals surface area contributed by atoms with E-state index in [-0.39, 0.29) is 6.10 Å². The van der Waals surface area contributed by atoms with E-state index >= 15 is 0 Å². The van der Waals surface area contributed by atoms with Gasteiger partial charge in [-0.1, -0.05) is 12.1 Å². The lowest BCUT2D eigenvalue weighted by atomic mass is 9.89. The van der Waals surface area contributed by atoms with E-state index in [4.69, 9.17) is 10.00 Å². The largest absolute Gasteiger partial charge is 0.476 e. The summed E-state index contributed by atoms with van der Waals surface area (Å²) in [4.78, 5) is 0. The molecule has 1 aliphatic rings. The summed E-state index contributed by atoms with van der Waals surface area (Å²) in [6.07, 6.45) is 1.86. The number of hydrogen-bond acceptors (Lipinski definition) is 3. The third-order valence-electron chi connectivity index (χ3n) is 2.92. The molecule has 3 heteroatoms. The van der Waals surface area contributed by atoms with E-state index in [1.807, 2.05) is 24.3 Å². The van der Waals surface area contributed by atoms with Gasteiger partial charge in [0.1, 0.15) is 11.8 Å². The SMILES string of the molecule is CC(C#N)Oc1cccc2c1CCCC2O. The molecule has 0 bridgehead atoms. The number of fused-ring (bicyclic) bond motifs is 1. The van der Waals surface area contributed by atoms with Gasteiger partial charge in [0.25, 0.3) is 0 Å². The van der Waals surface area contributed by atoms with E-state index in [0.29, 0.717) is 0 Å². The first-order valence-corrected chi connectivity index (χ1v) is 5.58. The Morgan fingerprint density at radius 3 is 3.12 bits per heavy atom. The van der Waals surface area contributed by atoms with E-state index in [0.717, 1.165) is 36.1 Å². The van der Waals surface area contributed by atoms with Crippen LogP contribution in [0.5, 0.6) is 5.75 Å². The van der Waals surface area contributed by atoms with Gasteiger partial charge < -0.3 is 9.84 Å². The summed E-state index contributed by atoms with van der Waals surface area (Å²) >= 11 is 0. The summed E-state index contributed by atoms with van der Waals surface area (Å²) in [5, 5.41) is 18.6. The molecule has 1 aliphatic carbocycles. The minimum Gasteiger partial charge on any atom is -0.476 e. The van der Waals surface area contributed by atoms with Gasteiger partial charge >= 0.3 is 0 Å². The highest BCUT2D eigenvalue weighted by Gasteiger charge is 2.21. The number of aliphatic hydroxyl groups is 1. The van der Waals surface area contributed by atoms with Crippen molar-refractivity contribution in [3.8, 4) is 11.8 Å². The highest BCUT2D eigenvalue weighted by Crippen LogP contribution is 2.35. The average Bonchev–Trinajstić information content (AvgIpc) is 2.30. The Balaban J connectivity index is 2.33. The van der Waals surface area contributed by atoms with Gasteiger partial charge in [-0.25, -0.2) is 0 Å². The van der Waals surface area contributed by atoms with Crippen molar-refractivity contribution in [1.82, 2.24) is 0 Å². The lowest BCUT2D eigenvalue weighted by Crippen LogP contribution is -2.14. The number of nitrogens with zero attached hydrogens (tertiary/aromatic N) is 1. The molecule has 16 heavy (non-hydrogen) atoms. The summed E-state index contributed by atoms with van der Waals surface area (Å²) in [6, 6.07) is 7.71. The van der Waals surface area contributed by atoms with Crippen LogP contribution >= 0.6 is 0 Å². The fourth-order valence-corrected chi connectivity index (χ4v) is 2.12. The average molecular weight is 217 g/mol. The van der Waals surface area contributed by atoms with Crippen LogP contribution in [0, 0.1) is 11.3 Å². The van der Waals surface area contributed by atoms with Gasteiger partial charge in [-0.15, -0.1) is 0 Å². The van der Waals surface area contributed by atoms with Gasteiger partial charge in [-0.05, 0) is 43.4 Å². The van der Waals surface area contributed by atoms with E-state index in [1.54, 1.807) is 6.92 Å². The molecule has 0 saturated heterocycles. The molecule has 0 aliphatic heterocycles. The maximum absolute atomic E-state index is 9.86. The number of nitriles is 1. The molecule has 3 nitrogen and oxygen atoms in total. The van der Waals surface area contributed by atoms with Crippen molar-refractivity contribution in [2.45, 2.75) is 38.4 Å². The summed E-state index contributed by atoms with van der Waals surface area (Å²) in [5.41, 5.74) is 2.01. The van der Waals surface area contributed by atoms with E-state index in [2.05, 4.69) is 0 Å². The lowest BCUT2D eigenvalue weighted by molar-refractivity contribution is 0.154. The van der Waals surface area contributed by atoms with Crippen molar-refractivity contribution in [1.29, 1.82) is 5.26 Å². The Hall–Kier alpha value is -1.53. The van der Waals surface area contributed by atoms with Crippen molar-refractivity contribution in [3.05, 3.63) is 29.3 Å². The number of benzene rings is 1. The highest BCUT2D eigenvalue weighted by atomic mass is 16.5. The van der Waals surface area contributed by atoms with E-state index in [1.165, 1.54) is 0 Å². The van der Waals surface area contributed by atoms with Gasteiger partial charge in [0.2, 0.25) is 0 Å². The van der Waals surface area contributed by atoms with Crippen LogP contribution in [0.3, 0.4) is 0 Å². The first kappa shape index (κ1) is 11.0. The topological polar surface area (TPSA) is 53.2 Å². The van der Waals surface area contributed by atoms with Crippen molar-refractivity contribution < 1.29 is 9.84 Å². The number of rotatable bonds is 2. The van der Waals surface area contributed by atoms with Gasteiger partial charge in [-0.3, -0.25) is 0 Å². The van der Waals surface area contributed by atoms with Crippen LogP contribution in [0.1, 0.15) is 37.0 Å². The minimum atomic E-state index is -0.453. The standard InChI is InChI=1S/C13H15NO2/c1-9(8-14)16-13-7-3-4-10-11(13)5-2-6-12(10)15/h3-4,7,9,12,15H,2,5-6H2,1H3. The maximum Gasteiger partial charge on any atom is 0.181 e. The van der Waals surface area contributed by atoms with Gasteiger partial charge in [0.05, 0.1) is 6.10 Å². The van der Waals surface area contributed by atoms with Crippen LogP contribution in [0.15, 0.2) is 18.2 Å². The van der Waals surface area contributed by atoms with Gasteiger partial charge in [0, 0.05) is 0 Å². The number of ether oxygens (including phenoxy) is 1. The molecule has 0 spiro atoms. The third kappa shape index (κ3) is 2.02. The smallest absolute Gasteiger partial charge is 0.181 e. The Kier molecular flexibility index (Phi) is 3.12. The summed E-state index contributed by atoms with van der Waals surface area (Å²) < 4.78 is 5.54. The molecular weight excluding hydrogens is 202 g/mol. The fraction of sp³-hybridized carbons (Fsp3) is 0.462. The van der Waals surface area contributed by atoms with E-state index in [9.17, 15) is 5.11 Å². The number of aliphatic hydroxyl groups excluding tert-OH is 1. The Labute approximate surface area is 95.3 Å². The zero-order valence-electron chi connectivity index (χ0n) is 9.31. The second kappa shape index (κ2) is 4.54. The van der Waals surface area contributed by atoms with Crippen LogP contribution < -0.4 is 4.74 Å². The maximum atomic E-state index is 9.86. The molecule has 1 aromatic rings. The monoisotopic (exact) mass is 217 g/mol. The van der Waals surface area contributed by atoms with Gasteiger partial charge in [0.15, 0.2) is 6.10 Å². The predicted molar refractivity (Wildman–Crippen MR) is 60.0 cm³/mol. The molecule has 2 atom stereocenters. The minimum absolute atomic E-state index is 0.385. The zero-order valence-corrected chi connectivity index (χ0v) is 9.31. The molecule has 1 aromatic carbocycles. The van der Waals surface area contributed by atoms with Gasteiger partial charge in [-0.2, -0.15) is 5.26 Å². The Morgan fingerprint density at radius 2 is 2.38 bits per heavy atom. The molecule has 84 valence electrons. The molecular formula is C13H15NO2. The Bertz CT molecular complexity index is 422. The molecule has 2 unspecified atom stereocenters. The molecule has 0 aromatic heterocycles. The first-order chi connectivity index (χ1) is 7.72. The van der Waals surface area contributed by atoms with Crippen molar-refractivity contribution >= 4 is 0 Å². The van der Waals surface area contributed by atoms with Crippen molar-refractivity contribution in [2.75, 3.05) is 0 Å². The third-order valence-corrected chi connectivity index (χ3v) is 2.92. The molecule has 0 saturated carbocycles. The second-order valence-electron chi connectivity index (χ2n) is 4.12. The molecule has 0 radical (unpaired) electrons. The lowest BCUT2D eigenvalue weighted by Gasteiger charge is -2.24. The van der Waals surface area contributed by atoms with Crippen LogP contribution in [0.4, 0.5) is 0 Å².